The van der Waals surface area contributed by atoms with Gasteiger partial charge in [0.15, 0.2) is 0 Å². The van der Waals surface area contributed by atoms with Crippen LogP contribution in [0, 0.1) is 6.92 Å². The fourth-order valence-corrected chi connectivity index (χ4v) is 0.970. The van der Waals surface area contributed by atoms with E-state index in [0.717, 1.165) is 5.69 Å². The molecule has 78 valence electrons. The second kappa shape index (κ2) is 3.79. The molecule has 0 aliphatic heterocycles. The number of hydrazine groups is 1. The highest BCUT2D eigenvalue weighted by Gasteiger charge is 2.13. The highest BCUT2D eigenvalue weighted by atomic mass is 16.5. The highest BCUT2D eigenvalue weighted by Crippen LogP contribution is 2.17. The number of hydrogen-bond donors (Lipinski definition) is 2. The summed E-state index contributed by atoms with van der Waals surface area (Å²) < 4.78 is 5.58. The predicted molar refractivity (Wildman–Crippen MR) is 55.0 cm³/mol. The van der Waals surface area contributed by atoms with Gasteiger partial charge in [0, 0.05) is 11.8 Å². The molecule has 0 saturated carbocycles. The largest absolute Gasteiger partial charge is 0.472 e. The van der Waals surface area contributed by atoms with Gasteiger partial charge in [-0.25, -0.2) is 10.8 Å². The molecule has 0 aliphatic rings. The van der Waals surface area contributed by atoms with Crippen molar-refractivity contribution < 1.29 is 4.74 Å². The first-order valence-electron chi connectivity index (χ1n) is 4.42. The average Bonchev–Trinajstić information content (AvgIpc) is 1.99. The molecule has 0 radical (unpaired) electrons. The monoisotopic (exact) mass is 196 g/mol. The van der Waals surface area contributed by atoms with E-state index in [2.05, 4.69) is 15.4 Å². The van der Waals surface area contributed by atoms with E-state index in [1.165, 1.54) is 0 Å². The van der Waals surface area contributed by atoms with Gasteiger partial charge >= 0.3 is 0 Å². The van der Waals surface area contributed by atoms with Gasteiger partial charge in [0.1, 0.15) is 5.60 Å². The Hall–Kier alpha value is -1.36. The summed E-state index contributed by atoms with van der Waals surface area (Å²) in [5.74, 6) is 6.11. The van der Waals surface area contributed by atoms with E-state index < -0.39 is 0 Å². The van der Waals surface area contributed by atoms with Crippen LogP contribution in [0.15, 0.2) is 6.07 Å². The Kier molecular flexibility index (Phi) is 2.90. The third kappa shape index (κ3) is 3.18. The second-order valence-corrected chi connectivity index (χ2v) is 4.03. The van der Waals surface area contributed by atoms with Crippen LogP contribution in [0.4, 0.5) is 5.95 Å². The average molecular weight is 196 g/mol. The molecule has 0 atom stereocenters. The number of rotatable bonds is 2. The van der Waals surface area contributed by atoms with E-state index in [9.17, 15) is 0 Å². The molecule has 1 aromatic rings. The topological polar surface area (TPSA) is 73.1 Å². The lowest BCUT2D eigenvalue weighted by molar-refractivity contribution is 0.124. The third-order valence-corrected chi connectivity index (χ3v) is 1.37. The number of aryl methyl sites for hydroxylation is 1. The second-order valence-electron chi connectivity index (χ2n) is 4.03. The SMILES string of the molecule is Cc1cc(OC(C)(C)C)nc(NN)n1. The number of aromatic nitrogens is 2. The molecule has 5 nitrogen and oxygen atoms in total. The molecular weight excluding hydrogens is 180 g/mol. The van der Waals surface area contributed by atoms with Gasteiger partial charge < -0.3 is 4.74 Å². The minimum atomic E-state index is -0.271. The molecule has 0 amide bonds. The molecule has 0 saturated heterocycles. The van der Waals surface area contributed by atoms with Crippen LogP contribution < -0.4 is 16.0 Å². The van der Waals surface area contributed by atoms with Crippen LogP contribution >= 0.6 is 0 Å². The number of nitrogens with zero attached hydrogens (tertiary/aromatic N) is 2. The van der Waals surface area contributed by atoms with E-state index in [4.69, 9.17) is 10.6 Å². The van der Waals surface area contributed by atoms with E-state index in [1.54, 1.807) is 6.07 Å². The maximum Gasteiger partial charge on any atom is 0.240 e. The van der Waals surface area contributed by atoms with Gasteiger partial charge in [0.25, 0.3) is 0 Å². The molecule has 1 aromatic heterocycles. The van der Waals surface area contributed by atoms with Crippen molar-refractivity contribution in [3.63, 3.8) is 0 Å². The zero-order valence-electron chi connectivity index (χ0n) is 8.96. The Bertz CT molecular complexity index is 319. The number of hydrogen-bond acceptors (Lipinski definition) is 5. The van der Waals surface area contributed by atoms with E-state index in [0.29, 0.717) is 11.8 Å². The van der Waals surface area contributed by atoms with Gasteiger partial charge in [0.05, 0.1) is 0 Å². The Morgan fingerprint density at radius 2 is 2.00 bits per heavy atom. The minimum Gasteiger partial charge on any atom is -0.472 e. The first-order chi connectivity index (χ1) is 6.40. The Morgan fingerprint density at radius 3 is 2.50 bits per heavy atom. The van der Waals surface area contributed by atoms with Crippen molar-refractivity contribution in [2.75, 3.05) is 5.43 Å². The van der Waals surface area contributed by atoms with Gasteiger partial charge in [-0.2, -0.15) is 4.98 Å². The van der Waals surface area contributed by atoms with Gasteiger partial charge in [-0.1, -0.05) is 0 Å². The Labute approximate surface area is 83.7 Å². The maximum atomic E-state index is 5.58. The van der Waals surface area contributed by atoms with Crippen LogP contribution in [0.25, 0.3) is 0 Å². The molecule has 0 fully saturated rings. The molecule has 0 aliphatic carbocycles. The van der Waals surface area contributed by atoms with E-state index in [1.807, 2.05) is 27.7 Å². The van der Waals surface area contributed by atoms with Crippen molar-refractivity contribution >= 4 is 5.95 Å². The Morgan fingerprint density at radius 1 is 1.36 bits per heavy atom. The third-order valence-electron chi connectivity index (χ3n) is 1.37. The molecule has 0 bridgehead atoms. The lowest BCUT2D eigenvalue weighted by Gasteiger charge is -2.20. The summed E-state index contributed by atoms with van der Waals surface area (Å²) in [6, 6.07) is 1.77. The normalized spacial score (nSPS) is 11.2. The standard InChI is InChI=1S/C9H16N4O/c1-6-5-7(14-9(2,3)4)12-8(11-6)13-10/h5H,10H2,1-4H3,(H,11,12,13). The van der Waals surface area contributed by atoms with Crippen LogP contribution in [0.5, 0.6) is 5.88 Å². The molecule has 1 rings (SSSR count). The molecule has 5 heteroatoms. The zero-order valence-corrected chi connectivity index (χ0v) is 8.96. The molecule has 0 unspecified atom stereocenters. The maximum absolute atomic E-state index is 5.58. The summed E-state index contributed by atoms with van der Waals surface area (Å²) in [7, 11) is 0. The minimum absolute atomic E-state index is 0.271. The summed E-state index contributed by atoms with van der Waals surface area (Å²) in [5.41, 5.74) is 2.93. The molecule has 0 spiro atoms. The van der Waals surface area contributed by atoms with Crippen molar-refractivity contribution in [2.45, 2.75) is 33.3 Å². The zero-order chi connectivity index (χ0) is 10.8. The first-order valence-corrected chi connectivity index (χ1v) is 4.42. The number of nitrogen functional groups attached to an aromatic ring is 1. The number of ether oxygens (including phenoxy) is 1. The van der Waals surface area contributed by atoms with E-state index >= 15 is 0 Å². The number of anilines is 1. The van der Waals surface area contributed by atoms with E-state index in [-0.39, 0.29) is 5.60 Å². The van der Waals surface area contributed by atoms with Crippen molar-refractivity contribution in [3.8, 4) is 5.88 Å². The smallest absolute Gasteiger partial charge is 0.240 e. The highest BCUT2D eigenvalue weighted by molar-refractivity contribution is 5.29. The van der Waals surface area contributed by atoms with Gasteiger partial charge in [-0.3, -0.25) is 5.43 Å². The number of nitrogens with one attached hydrogen (secondary N) is 1. The van der Waals surface area contributed by atoms with Gasteiger partial charge in [-0.05, 0) is 27.7 Å². The Balaban J connectivity index is 2.92. The molecule has 3 N–H and O–H groups in total. The molecule has 14 heavy (non-hydrogen) atoms. The van der Waals surface area contributed by atoms with Crippen molar-refractivity contribution in [3.05, 3.63) is 11.8 Å². The van der Waals surface area contributed by atoms with Crippen LogP contribution in [0.3, 0.4) is 0 Å². The van der Waals surface area contributed by atoms with Crippen LogP contribution in [-0.4, -0.2) is 15.6 Å². The van der Waals surface area contributed by atoms with Crippen molar-refractivity contribution in [2.24, 2.45) is 5.84 Å². The quantitative estimate of drug-likeness (QED) is 0.550. The fraction of sp³-hybridized carbons (Fsp3) is 0.556. The summed E-state index contributed by atoms with van der Waals surface area (Å²) in [6.07, 6.45) is 0. The lowest BCUT2D eigenvalue weighted by Crippen LogP contribution is -2.24. The summed E-state index contributed by atoms with van der Waals surface area (Å²) in [5, 5.41) is 0. The summed E-state index contributed by atoms with van der Waals surface area (Å²) >= 11 is 0. The van der Waals surface area contributed by atoms with Crippen LogP contribution in [-0.2, 0) is 0 Å². The summed E-state index contributed by atoms with van der Waals surface area (Å²) in [6.45, 7) is 7.73. The number of nitrogens with two attached hydrogens (primary N) is 1. The lowest BCUT2D eigenvalue weighted by atomic mass is 10.2. The predicted octanol–water partition coefficient (Wildman–Crippen LogP) is 1.25. The fourth-order valence-electron chi connectivity index (χ4n) is 0.970. The van der Waals surface area contributed by atoms with Crippen molar-refractivity contribution in [1.82, 2.24) is 9.97 Å². The van der Waals surface area contributed by atoms with Crippen LogP contribution in [0.2, 0.25) is 0 Å². The molecule has 0 aromatic carbocycles. The van der Waals surface area contributed by atoms with Crippen molar-refractivity contribution in [1.29, 1.82) is 0 Å². The van der Waals surface area contributed by atoms with Gasteiger partial charge in [0.2, 0.25) is 11.8 Å². The molecular formula is C9H16N4O. The van der Waals surface area contributed by atoms with Gasteiger partial charge in [-0.15, -0.1) is 0 Å². The van der Waals surface area contributed by atoms with Crippen LogP contribution in [0.1, 0.15) is 26.5 Å². The molecule has 1 heterocycles. The first kappa shape index (κ1) is 10.7. The summed E-state index contributed by atoms with van der Waals surface area (Å²) in [4.78, 5) is 8.12.